The van der Waals surface area contributed by atoms with Gasteiger partial charge in [-0.15, -0.1) is 11.8 Å². The van der Waals surface area contributed by atoms with Crippen molar-refractivity contribution in [1.82, 2.24) is 9.80 Å². The number of thioether (sulfide) groups is 1. The molecule has 8 nitrogen and oxygen atoms in total. The molecule has 0 unspecified atom stereocenters. The van der Waals surface area contributed by atoms with Crippen molar-refractivity contribution >= 4 is 40.9 Å². The Morgan fingerprint density at radius 1 is 1.09 bits per heavy atom. The molecule has 0 aliphatic carbocycles. The molecule has 0 aromatic heterocycles. The van der Waals surface area contributed by atoms with Crippen LogP contribution in [0.15, 0.2) is 53.4 Å². The molecular formula is C22H24ClN3O5S. The van der Waals surface area contributed by atoms with Crippen LogP contribution in [0.2, 0.25) is 5.02 Å². The first kappa shape index (κ1) is 24.0. The normalized spacial score (nSPS) is 16.3. The Morgan fingerprint density at radius 2 is 1.72 bits per heavy atom. The minimum absolute atomic E-state index is 0.0136. The molecule has 1 saturated heterocycles. The molecule has 0 bridgehead atoms. The summed E-state index contributed by atoms with van der Waals surface area (Å²) in [6.45, 7) is 3.78. The van der Waals surface area contributed by atoms with E-state index in [1.165, 1.54) is 31.0 Å². The van der Waals surface area contributed by atoms with Crippen LogP contribution in [0.5, 0.6) is 0 Å². The fraction of sp³-hybridized carbons (Fsp3) is 0.364. The predicted molar refractivity (Wildman–Crippen MR) is 123 cm³/mol. The molecule has 0 radical (unpaired) electrons. The molecule has 3 rings (SSSR count). The van der Waals surface area contributed by atoms with Crippen molar-refractivity contribution in [1.29, 1.82) is 0 Å². The lowest BCUT2D eigenvalue weighted by molar-refractivity contribution is -0.384. The van der Waals surface area contributed by atoms with E-state index in [9.17, 15) is 19.7 Å². The number of benzene rings is 2. The Morgan fingerprint density at radius 3 is 2.28 bits per heavy atom. The van der Waals surface area contributed by atoms with Crippen LogP contribution < -0.4 is 0 Å². The minimum Gasteiger partial charge on any atom is -0.468 e. The number of esters is 1. The molecule has 0 saturated carbocycles. The maximum atomic E-state index is 12.9. The van der Waals surface area contributed by atoms with Crippen LogP contribution in [0, 0.1) is 10.1 Å². The number of rotatable bonds is 7. The summed E-state index contributed by atoms with van der Waals surface area (Å²) in [6, 6.07) is 12.7. The average Bonchev–Trinajstić information content (AvgIpc) is 2.80. The summed E-state index contributed by atoms with van der Waals surface area (Å²) in [5.41, 5.74) is 0.700. The first-order valence-electron chi connectivity index (χ1n) is 10.1. The topological polar surface area (TPSA) is 93.0 Å². The number of hydrogen-bond acceptors (Lipinski definition) is 7. The third-order valence-corrected chi connectivity index (χ3v) is 6.77. The second-order valence-electron chi connectivity index (χ2n) is 7.32. The van der Waals surface area contributed by atoms with Crippen LogP contribution in [-0.4, -0.2) is 65.1 Å². The van der Waals surface area contributed by atoms with Gasteiger partial charge < -0.3 is 9.64 Å². The number of methoxy groups -OCH3 is 1. The smallest absolute Gasteiger partial charge is 0.327 e. The van der Waals surface area contributed by atoms with Gasteiger partial charge >= 0.3 is 5.97 Å². The van der Waals surface area contributed by atoms with Gasteiger partial charge in [0.2, 0.25) is 5.91 Å². The van der Waals surface area contributed by atoms with Crippen molar-refractivity contribution < 1.29 is 19.2 Å². The van der Waals surface area contributed by atoms with Crippen LogP contribution in [0.3, 0.4) is 0 Å². The van der Waals surface area contributed by atoms with Gasteiger partial charge in [0.25, 0.3) is 5.69 Å². The Labute approximate surface area is 195 Å². The zero-order valence-electron chi connectivity index (χ0n) is 17.8. The van der Waals surface area contributed by atoms with Crippen molar-refractivity contribution in [2.24, 2.45) is 0 Å². The summed E-state index contributed by atoms with van der Waals surface area (Å²) >= 11 is 7.69. The average molecular weight is 478 g/mol. The van der Waals surface area contributed by atoms with Gasteiger partial charge in [-0.05, 0) is 30.7 Å². The molecule has 32 heavy (non-hydrogen) atoms. The highest BCUT2D eigenvalue weighted by Crippen LogP contribution is 2.30. The second kappa shape index (κ2) is 10.8. The highest BCUT2D eigenvalue weighted by atomic mass is 35.5. The molecule has 1 aliphatic rings. The van der Waals surface area contributed by atoms with Gasteiger partial charge in [-0.25, -0.2) is 4.79 Å². The second-order valence-corrected chi connectivity index (χ2v) is 9.14. The fourth-order valence-electron chi connectivity index (χ4n) is 3.64. The Balaban J connectivity index is 1.62. The Kier molecular flexibility index (Phi) is 8.11. The number of halogens is 1. The first-order chi connectivity index (χ1) is 15.3. The number of amides is 1. The number of hydrogen-bond donors (Lipinski definition) is 0. The van der Waals surface area contributed by atoms with Crippen LogP contribution in [0.25, 0.3) is 0 Å². The standard InChI is InChI=1S/C22H24ClN3O5S/c1-15(32-17-9-7-16(8-10-17)26(29)30)21(27)25-13-11-24(12-14-25)20(22(28)31-2)18-5-3-4-6-19(18)23/h3-10,15,20H,11-14H2,1-2H3/t15-,20+/m0/s1. The van der Waals surface area contributed by atoms with Crippen molar-refractivity contribution in [2.75, 3.05) is 33.3 Å². The molecule has 10 heteroatoms. The number of nitro groups is 1. The molecule has 1 amide bonds. The minimum atomic E-state index is -0.627. The SMILES string of the molecule is COC(=O)[C@@H](c1ccccc1Cl)N1CCN(C(=O)[C@H](C)Sc2ccc([N+](=O)[O-])cc2)CC1. The molecule has 2 aromatic carbocycles. The van der Waals surface area contributed by atoms with Crippen LogP contribution in [0.4, 0.5) is 5.69 Å². The van der Waals surface area contributed by atoms with E-state index in [4.69, 9.17) is 16.3 Å². The van der Waals surface area contributed by atoms with E-state index in [1.807, 2.05) is 24.0 Å². The van der Waals surface area contributed by atoms with Gasteiger partial charge in [-0.2, -0.15) is 0 Å². The van der Waals surface area contributed by atoms with E-state index in [-0.39, 0.29) is 22.8 Å². The highest BCUT2D eigenvalue weighted by molar-refractivity contribution is 8.00. The molecule has 2 aromatic rings. The van der Waals surface area contributed by atoms with Gasteiger partial charge in [-0.3, -0.25) is 19.8 Å². The number of ether oxygens (including phenoxy) is 1. The summed E-state index contributed by atoms with van der Waals surface area (Å²) in [7, 11) is 1.35. The summed E-state index contributed by atoms with van der Waals surface area (Å²) in [5, 5.41) is 10.9. The molecule has 0 N–H and O–H groups in total. The van der Waals surface area contributed by atoms with Crippen molar-refractivity contribution in [2.45, 2.75) is 23.1 Å². The molecular weight excluding hydrogens is 454 g/mol. The van der Waals surface area contributed by atoms with E-state index in [2.05, 4.69) is 0 Å². The third kappa shape index (κ3) is 5.59. The zero-order chi connectivity index (χ0) is 23.3. The molecule has 1 heterocycles. The molecule has 0 spiro atoms. The zero-order valence-corrected chi connectivity index (χ0v) is 19.3. The lowest BCUT2D eigenvalue weighted by atomic mass is 10.0. The highest BCUT2D eigenvalue weighted by Gasteiger charge is 2.34. The number of nitro benzene ring substituents is 1. The lowest BCUT2D eigenvalue weighted by Gasteiger charge is -2.39. The van der Waals surface area contributed by atoms with E-state index in [0.29, 0.717) is 36.8 Å². The van der Waals surface area contributed by atoms with E-state index >= 15 is 0 Å². The molecule has 1 fully saturated rings. The summed E-state index contributed by atoms with van der Waals surface area (Å²) in [6.07, 6.45) is 0. The summed E-state index contributed by atoms with van der Waals surface area (Å²) in [5.74, 6) is -0.402. The largest absolute Gasteiger partial charge is 0.468 e. The van der Waals surface area contributed by atoms with Crippen LogP contribution in [0.1, 0.15) is 18.5 Å². The fourth-order valence-corrected chi connectivity index (χ4v) is 4.83. The number of nitrogens with zero attached hydrogens (tertiary/aromatic N) is 3. The quantitative estimate of drug-likeness (QED) is 0.259. The number of carbonyl (C=O) groups excluding carboxylic acids is 2. The molecule has 1 aliphatic heterocycles. The number of carbonyl (C=O) groups is 2. The maximum absolute atomic E-state index is 12.9. The van der Waals surface area contributed by atoms with E-state index < -0.39 is 11.0 Å². The van der Waals surface area contributed by atoms with Gasteiger partial charge in [0.05, 0.1) is 17.3 Å². The first-order valence-corrected chi connectivity index (χ1v) is 11.3. The summed E-state index contributed by atoms with van der Waals surface area (Å²) < 4.78 is 5.01. The van der Waals surface area contributed by atoms with E-state index in [1.54, 1.807) is 29.2 Å². The van der Waals surface area contributed by atoms with Gasteiger partial charge in [-0.1, -0.05) is 29.8 Å². The van der Waals surface area contributed by atoms with Crippen LogP contribution in [-0.2, 0) is 14.3 Å². The van der Waals surface area contributed by atoms with E-state index in [0.717, 1.165) is 4.90 Å². The predicted octanol–water partition coefficient (Wildman–Crippen LogP) is 3.79. The number of piperazine rings is 1. The van der Waals surface area contributed by atoms with Crippen molar-refractivity contribution in [3.63, 3.8) is 0 Å². The van der Waals surface area contributed by atoms with Crippen LogP contribution >= 0.6 is 23.4 Å². The molecule has 170 valence electrons. The third-order valence-electron chi connectivity index (χ3n) is 5.32. The maximum Gasteiger partial charge on any atom is 0.327 e. The van der Waals surface area contributed by atoms with Crippen molar-refractivity contribution in [3.8, 4) is 0 Å². The number of non-ortho nitro benzene ring substituents is 1. The Bertz CT molecular complexity index is 980. The lowest BCUT2D eigenvalue weighted by Crippen LogP contribution is -2.52. The molecule has 2 atom stereocenters. The van der Waals surface area contributed by atoms with Gasteiger partial charge in [0.15, 0.2) is 0 Å². The Hall–Kier alpha value is -2.62. The van der Waals surface area contributed by atoms with Crippen molar-refractivity contribution in [3.05, 3.63) is 69.2 Å². The monoisotopic (exact) mass is 477 g/mol. The van der Waals surface area contributed by atoms with Gasteiger partial charge in [0.1, 0.15) is 6.04 Å². The summed E-state index contributed by atoms with van der Waals surface area (Å²) in [4.78, 5) is 40.3. The van der Waals surface area contributed by atoms with Gasteiger partial charge in [0, 0.05) is 48.2 Å².